The Morgan fingerprint density at radius 1 is 1.21 bits per heavy atom. The van der Waals surface area contributed by atoms with Crippen molar-refractivity contribution in [1.82, 2.24) is 10.3 Å². The topological polar surface area (TPSA) is 64.4 Å². The molecule has 2 aromatic heterocycles. The van der Waals surface area contributed by atoms with Crippen molar-refractivity contribution in [3.05, 3.63) is 72.2 Å². The molecule has 5 heteroatoms. The number of aromatic nitrogens is 1. The van der Waals surface area contributed by atoms with Crippen molar-refractivity contribution in [2.75, 3.05) is 6.61 Å². The monoisotopic (exact) mass is 322 g/mol. The summed E-state index contributed by atoms with van der Waals surface area (Å²) >= 11 is 0. The third kappa shape index (κ3) is 4.01. The molecule has 1 aromatic carbocycles. The van der Waals surface area contributed by atoms with Crippen molar-refractivity contribution in [3.63, 3.8) is 0 Å². The fourth-order valence-corrected chi connectivity index (χ4v) is 2.28. The molecule has 0 aliphatic carbocycles. The minimum Gasteiger partial charge on any atom is -0.484 e. The molecule has 2 heterocycles. The van der Waals surface area contributed by atoms with Gasteiger partial charge in [0, 0.05) is 24.5 Å². The number of nitrogens with zero attached hydrogens (tertiary/aromatic N) is 1. The number of para-hydroxylation sites is 1. The molecule has 5 nitrogen and oxygen atoms in total. The highest BCUT2D eigenvalue weighted by molar-refractivity contribution is 5.77. The molecule has 0 unspecified atom stereocenters. The van der Waals surface area contributed by atoms with Gasteiger partial charge in [0.25, 0.3) is 5.91 Å². The second-order valence-electron chi connectivity index (χ2n) is 5.39. The van der Waals surface area contributed by atoms with Crippen LogP contribution in [0.5, 0.6) is 5.75 Å². The summed E-state index contributed by atoms with van der Waals surface area (Å²) in [4.78, 5) is 16.1. The molecular formula is C19H18N2O3. The number of carbonyl (C=O) groups excluding carboxylic acids is 1. The van der Waals surface area contributed by atoms with Gasteiger partial charge in [-0.2, -0.15) is 0 Å². The molecule has 0 aliphatic heterocycles. The summed E-state index contributed by atoms with van der Waals surface area (Å²) in [5, 5.41) is 2.83. The summed E-state index contributed by atoms with van der Waals surface area (Å²) in [5.41, 5.74) is 2.77. The minimum absolute atomic E-state index is 0.0177. The molecule has 0 saturated heterocycles. The third-order valence-electron chi connectivity index (χ3n) is 3.54. The van der Waals surface area contributed by atoms with Crippen LogP contribution in [-0.4, -0.2) is 17.5 Å². The van der Waals surface area contributed by atoms with E-state index < -0.39 is 0 Å². The van der Waals surface area contributed by atoms with Gasteiger partial charge in [0.05, 0.1) is 6.26 Å². The number of amides is 1. The van der Waals surface area contributed by atoms with Gasteiger partial charge in [0.1, 0.15) is 11.5 Å². The Labute approximate surface area is 140 Å². The van der Waals surface area contributed by atoms with Crippen LogP contribution < -0.4 is 10.1 Å². The van der Waals surface area contributed by atoms with E-state index in [1.54, 1.807) is 18.7 Å². The highest BCUT2D eigenvalue weighted by Gasteiger charge is 2.06. The van der Waals surface area contributed by atoms with Crippen LogP contribution in [0.4, 0.5) is 0 Å². The Hall–Kier alpha value is -3.08. The van der Waals surface area contributed by atoms with Crippen LogP contribution in [0.3, 0.4) is 0 Å². The van der Waals surface area contributed by atoms with Crippen molar-refractivity contribution in [1.29, 1.82) is 0 Å². The third-order valence-corrected chi connectivity index (χ3v) is 3.54. The molecule has 24 heavy (non-hydrogen) atoms. The second kappa shape index (κ2) is 7.46. The molecule has 0 spiro atoms. The average molecular weight is 322 g/mol. The Balaban J connectivity index is 1.53. The van der Waals surface area contributed by atoms with Gasteiger partial charge in [-0.15, -0.1) is 0 Å². The zero-order valence-corrected chi connectivity index (χ0v) is 13.4. The van der Waals surface area contributed by atoms with Crippen LogP contribution in [0.15, 0.2) is 65.5 Å². The SMILES string of the molecule is Cc1ccccc1OCC(=O)NCc1cncc(-c2ccco2)c1. The zero-order chi connectivity index (χ0) is 16.8. The number of pyridine rings is 1. The van der Waals surface area contributed by atoms with Crippen LogP contribution in [0.1, 0.15) is 11.1 Å². The maximum Gasteiger partial charge on any atom is 0.258 e. The maximum absolute atomic E-state index is 11.9. The Kier molecular flexibility index (Phi) is 4.91. The van der Waals surface area contributed by atoms with E-state index in [1.165, 1.54) is 0 Å². The number of aryl methyl sites for hydroxylation is 1. The van der Waals surface area contributed by atoms with Gasteiger partial charge in [-0.1, -0.05) is 18.2 Å². The highest BCUT2D eigenvalue weighted by Crippen LogP contribution is 2.19. The molecule has 3 aromatic rings. The van der Waals surface area contributed by atoms with Crippen LogP contribution in [0.25, 0.3) is 11.3 Å². The van der Waals surface area contributed by atoms with Crippen molar-refractivity contribution in [2.45, 2.75) is 13.5 Å². The Morgan fingerprint density at radius 3 is 2.88 bits per heavy atom. The largest absolute Gasteiger partial charge is 0.484 e. The zero-order valence-electron chi connectivity index (χ0n) is 13.4. The van der Waals surface area contributed by atoms with Crippen LogP contribution in [-0.2, 0) is 11.3 Å². The van der Waals surface area contributed by atoms with E-state index in [4.69, 9.17) is 9.15 Å². The Bertz CT molecular complexity index is 813. The van der Waals surface area contributed by atoms with Crippen LogP contribution in [0.2, 0.25) is 0 Å². The molecule has 1 N–H and O–H groups in total. The quantitative estimate of drug-likeness (QED) is 0.756. The lowest BCUT2D eigenvalue weighted by Crippen LogP contribution is -2.28. The highest BCUT2D eigenvalue weighted by atomic mass is 16.5. The number of furan rings is 1. The molecular weight excluding hydrogens is 304 g/mol. The van der Waals surface area contributed by atoms with Gasteiger partial charge in [-0.25, -0.2) is 0 Å². The lowest BCUT2D eigenvalue weighted by molar-refractivity contribution is -0.123. The van der Waals surface area contributed by atoms with E-state index in [0.717, 1.165) is 22.5 Å². The fraction of sp³-hybridized carbons (Fsp3) is 0.158. The standard InChI is InChI=1S/C19H18N2O3/c1-14-5-2-3-6-17(14)24-13-19(22)21-11-15-9-16(12-20-10-15)18-7-4-8-23-18/h2-10,12H,11,13H2,1H3,(H,21,22). The first-order chi connectivity index (χ1) is 11.7. The first-order valence-corrected chi connectivity index (χ1v) is 7.65. The van der Waals surface area contributed by atoms with Crippen LogP contribution >= 0.6 is 0 Å². The van der Waals surface area contributed by atoms with Gasteiger partial charge in [-0.3, -0.25) is 9.78 Å². The number of nitrogens with one attached hydrogen (secondary N) is 1. The van der Waals surface area contributed by atoms with Gasteiger partial charge in [0.15, 0.2) is 6.61 Å². The summed E-state index contributed by atoms with van der Waals surface area (Å²) in [6, 6.07) is 13.2. The average Bonchev–Trinajstić information content (AvgIpc) is 3.14. The van der Waals surface area contributed by atoms with Crippen molar-refractivity contribution in [2.24, 2.45) is 0 Å². The lowest BCUT2D eigenvalue weighted by Gasteiger charge is -2.09. The van der Waals surface area contributed by atoms with E-state index in [2.05, 4.69) is 10.3 Å². The number of hydrogen-bond acceptors (Lipinski definition) is 4. The first-order valence-electron chi connectivity index (χ1n) is 7.65. The van der Waals surface area contributed by atoms with E-state index in [1.807, 2.05) is 49.4 Å². The van der Waals surface area contributed by atoms with E-state index in [0.29, 0.717) is 12.3 Å². The van der Waals surface area contributed by atoms with Gasteiger partial charge in [-0.05, 0) is 42.3 Å². The number of rotatable bonds is 6. The molecule has 122 valence electrons. The van der Waals surface area contributed by atoms with E-state index >= 15 is 0 Å². The second-order valence-corrected chi connectivity index (χ2v) is 5.39. The normalized spacial score (nSPS) is 10.4. The molecule has 1 amide bonds. The van der Waals surface area contributed by atoms with Gasteiger partial charge in [0.2, 0.25) is 0 Å². The summed E-state index contributed by atoms with van der Waals surface area (Å²) in [7, 11) is 0. The molecule has 3 rings (SSSR count). The fourth-order valence-electron chi connectivity index (χ4n) is 2.28. The van der Waals surface area contributed by atoms with Gasteiger partial charge >= 0.3 is 0 Å². The lowest BCUT2D eigenvalue weighted by atomic mass is 10.1. The Morgan fingerprint density at radius 2 is 2.08 bits per heavy atom. The summed E-state index contributed by atoms with van der Waals surface area (Å²) < 4.78 is 10.9. The van der Waals surface area contributed by atoms with E-state index in [9.17, 15) is 4.79 Å². The van der Waals surface area contributed by atoms with Crippen LogP contribution in [0, 0.1) is 6.92 Å². The molecule has 0 saturated carbocycles. The summed E-state index contributed by atoms with van der Waals surface area (Å²) in [6.45, 7) is 2.31. The van der Waals surface area contributed by atoms with Crippen molar-refractivity contribution < 1.29 is 13.9 Å². The number of hydrogen-bond donors (Lipinski definition) is 1. The van der Waals surface area contributed by atoms with Gasteiger partial charge < -0.3 is 14.5 Å². The van der Waals surface area contributed by atoms with Crippen molar-refractivity contribution in [3.8, 4) is 17.1 Å². The van der Waals surface area contributed by atoms with Crippen molar-refractivity contribution >= 4 is 5.91 Å². The van der Waals surface area contributed by atoms with E-state index in [-0.39, 0.29) is 12.5 Å². The first kappa shape index (κ1) is 15.8. The molecule has 0 atom stereocenters. The predicted molar refractivity (Wildman–Crippen MR) is 90.5 cm³/mol. The molecule has 0 radical (unpaired) electrons. The minimum atomic E-state index is -0.179. The number of ether oxygens (including phenoxy) is 1. The summed E-state index contributed by atoms with van der Waals surface area (Å²) in [5.74, 6) is 1.29. The number of carbonyl (C=O) groups is 1. The molecule has 0 aliphatic rings. The number of benzene rings is 1. The molecule has 0 bridgehead atoms. The smallest absolute Gasteiger partial charge is 0.258 e. The summed E-state index contributed by atoms with van der Waals surface area (Å²) in [6.07, 6.45) is 5.06. The predicted octanol–water partition coefficient (Wildman–Crippen LogP) is 3.35. The maximum atomic E-state index is 11.9. The molecule has 0 fully saturated rings.